The molecule has 0 saturated carbocycles. The van der Waals surface area contributed by atoms with Crippen LogP contribution in [0.3, 0.4) is 0 Å². The minimum atomic E-state index is -0.233. The average molecular weight is 306 g/mol. The van der Waals surface area contributed by atoms with Gasteiger partial charge in [-0.1, -0.05) is 13.8 Å². The van der Waals surface area contributed by atoms with Crippen molar-refractivity contribution >= 4 is 33.2 Å². The van der Waals surface area contributed by atoms with Crippen LogP contribution in [-0.4, -0.2) is 26.2 Å². The fourth-order valence-electron chi connectivity index (χ4n) is 1.31. The molecule has 16 heavy (non-hydrogen) atoms. The monoisotopic (exact) mass is 305 g/mol. The van der Waals surface area contributed by atoms with E-state index in [0.29, 0.717) is 0 Å². The second-order valence-corrected chi connectivity index (χ2v) is 6.63. The topological polar surface area (TPSA) is 38.3 Å². The van der Waals surface area contributed by atoms with Crippen LogP contribution < -0.4 is 5.32 Å². The van der Waals surface area contributed by atoms with Crippen LogP contribution in [0.2, 0.25) is 0 Å². The minimum absolute atomic E-state index is 0.0186. The highest BCUT2D eigenvalue weighted by atomic mass is 79.9. The molecule has 1 N–H and O–H groups in total. The molecular weight excluding hydrogens is 290 g/mol. The van der Waals surface area contributed by atoms with Gasteiger partial charge in [-0.2, -0.15) is 0 Å². The van der Waals surface area contributed by atoms with Gasteiger partial charge in [0.15, 0.2) is 0 Å². The van der Waals surface area contributed by atoms with Gasteiger partial charge in [0.1, 0.15) is 0 Å². The molecule has 1 heterocycles. The Hall–Kier alpha value is -0.390. The van der Waals surface area contributed by atoms with Crippen molar-refractivity contribution in [3.63, 3.8) is 0 Å². The third-order valence-corrected chi connectivity index (χ3v) is 4.29. The quantitative estimate of drug-likeness (QED) is 0.850. The molecule has 0 aliphatic rings. The molecule has 0 aromatic carbocycles. The number of hydrogen-bond acceptors (Lipinski definition) is 4. The standard InChI is InChI=1S/C11H16BrNO2S/c1-11(2,7-13-6-10(14)15-3)8-4-5-9(12)16-8/h4-5,13H,6-7H2,1-3H3. The highest BCUT2D eigenvalue weighted by Gasteiger charge is 2.22. The van der Waals surface area contributed by atoms with Crippen molar-refractivity contribution in [1.29, 1.82) is 0 Å². The van der Waals surface area contributed by atoms with Crippen LogP contribution in [-0.2, 0) is 14.9 Å². The molecule has 1 aromatic rings. The number of carbonyl (C=O) groups excluding carboxylic acids is 1. The van der Waals surface area contributed by atoms with E-state index >= 15 is 0 Å². The lowest BCUT2D eigenvalue weighted by Gasteiger charge is -2.23. The summed E-state index contributed by atoms with van der Waals surface area (Å²) in [6.07, 6.45) is 0. The van der Waals surface area contributed by atoms with Gasteiger partial charge in [0.2, 0.25) is 0 Å². The van der Waals surface area contributed by atoms with Crippen LogP contribution in [0.5, 0.6) is 0 Å². The van der Waals surface area contributed by atoms with E-state index in [4.69, 9.17) is 0 Å². The molecule has 1 aromatic heterocycles. The van der Waals surface area contributed by atoms with Crippen molar-refractivity contribution in [2.75, 3.05) is 20.2 Å². The van der Waals surface area contributed by atoms with Gasteiger partial charge in [0.25, 0.3) is 0 Å². The lowest BCUT2D eigenvalue weighted by Crippen LogP contribution is -2.35. The van der Waals surface area contributed by atoms with Crippen LogP contribution >= 0.6 is 27.3 Å². The van der Waals surface area contributed by atoms with Gasteiger partial charge in [-0.25, -0.2) is 0 Å². The third-order valence-electron chi connectivity index (χ3n) is 2.30. The summed E-state index contributed by atoms with van der Waals surface area (Å²) in [7, 11) is 1.39. The Bertz CT molecular complexity index is 363. The number of esters is 1. The molecule has 1 rings (SSSR count). The lowest BCUT2D eigenvalue weighted by molar-refractivity contribution is -0.139. The number of carbonyl (C=O) groups is 1. The maximum Gasteiger partial charge on any atom is 0.319 e. The summed E-state index contributed by atoms with van der Waals surface area (Å²) in [5.41, 5.74) is 0.0186. The Balaban J connectivity index is 2.49. The van der Waals surface area contributed by atoms with Gasteiger partial charge in [-0.15, -0.1) is 11.3 Å². The lowest BCUT2D eigenvalue weighted by atomic mass is 9.91. The summed E-state index contributed by atoms with van der Waals surface area (Å²) in [6.45, 7) is 5.30. The largest absolute Gasteiger partial charge is 0.468 e. The Morgan fingerprint density at radius 1 is 1.56 bits per heavy atom. The van der Waals surface area contributed by atoms with Crippen LogP contribution in [0.25, 0.3) is 0 Å². The summed E-state index contributed by atoms with van der Waals surface area (Å²) < 4.78 is 5.70. The molecule has 0 spiro atoms. The van der Waals surface area contributed by atoms with Gasteiger partial charge in [0, 0.05) is 16.8 Å². The van der Waals surface area contributed by atoms with Crippen LogP contribution in [0, 0.1) is 0 Å². The van der Waals surface area contributed by atoms with Crippen molar-refractivity contribution in [2.45, 2.75) is 19.3 Å². The molecule has 5 heteroatoms. The first-order chi connectivity index (χ1) is 7.45. The average Bonchev–Trinajstić information content (AvgIpc) is 2.65. The first kappa shape index (κ1) is 13.7. The van der Waals surface area contributed by atoms with Crippen LogP contribution in [0.4, 0.5) is 0 Å². The fraction of sp³-hybridized carbons (Fsp3) is 0.545. The zero-order chi connectivity index (χ0) is 12.2. The van der Waals surface area contributed by atoms with E-state index in [1.807, 2.05) is 6.07 Å². The van der Waals surface area contributed by atoms with Crippen LogP contribution in [0.15, 0.2) is 15.9 Å². The molecule has 90 valence electrons. The SMILES string of the molecule is COC(=O)CNCC(C)(C)c1ccc(Br)s1. The minimum Gasteiger partial charge on any atom is -0.468 e. The van der Waals surface area contributed by atoms with Crippen LogP contribution in [0.1, 0.15) is 18.7 Å². The zero-order valence-electron chi connectivity index (χ0n) is 9.67. The molecular formula is C11H16BrNO2S. The van der Waals surface area contributed by atoms with Gasteiger partial charge >= 0.3 is 5.97 Å². The zero-order valence-corrected chi connectivity index (χ0v) is 12.1. The summed E-state index contributed by atoms with van der Waals surface area (Å²) in [4.78, 5) is 12.2. The predicted octanol–water partition coefficient (Wildman–Crippen LogP) is 2.55. The molecule has 0 bridgehead atoms. The number of ether oxygens (including phenoxy) is 1. The van der Waals surface area contributed by atoms with Gasteiger partial charge in [-0.05, 0) is 28.1 Å². The first-order valence-corrected chi connectivity index (χ1v) is 6.60. The maximum absolute atomic E-state index is 10.9. The van der Waals surface area contributed by atoms with E-state index in [-0.39, 0.29) is 17.9 Å². The number of thiophene rings is 1. The smallest absolute Gasteiger partial charge is 0.319 e. The van der Waals surface area contributed by atoms with E-state index in [1.54, 1.807) is 11.3 Å². The van der Waals surface area contributed by atoms with Crippen molar-refractivity contribution in [1.82, 2.24) is 5.32 Å². The van der Waals surface area contributed by atoms with E-state index in [0.717, 1.165) is 10.3 Å². The molecule has 0 amide bonds. The normalized spacial score (nSPS) is 11.5. The first-order valence-electron chi connectivity index (χ1n) is 4.99. The van der Waals surface area contributed by atoms with E-state index in [1.165, 1.54) is 12.0 Å². The number of hydrogen-bond donors (Lipinski definition) is 1. The summed E-state index contributed by atoms with van der Waals surface area (Å²) in [5, 5.41) is 3.10. The Kier molecular flexibility index (Phi) is 4.95. The van der Waals surface area contributed by atoms with E-state index in [2.05, 4.69) is 45.9 Å². The van der Waals surface area contributed by atoms with Gasteiger partial charge < -0.3 is 10.1 Å². The third kappa shape index (κ3) is 3.88. The second kappa shape index (κ2) is 5.80. The summed E-state index contributed by atoms with van der Waals surface area (Å²) in [6, 6.07) is 4.15. The summed E-state index contributed by atoms with van der Waals surface area (Å²) >= 11 is 5.17. The maximum atomic E-state index is 10.9. The van der Waals surface area contributed by atoms with E-state index in [9.17, 15) is 4.79 Å². The van der Waals surface area contributed by atoms with Crippen molar-refractivity contribution in [3.8, 4) is 0 Å². The summed E-state index contributed by atoms with van der Waals surface area (Å²) in [5.74, 6) is -0.233. The Morgan fingerprint density at radius 3 is 2.75 bits per heavy atom. The molecule has 0 fully saturated rings. The molecule has 0 aliphatic carbocycles. The van der Waals surface area contributed by atoms with Gasteiger partial charge in [-0.3, -0.25) is 4.79 Å². The Labute approximate surface area is 108 Å². The second-order valence-electron chi connectivity index (χ2n) is 4.17. The van der Waals surface area contributed by atoms with Crippen molar-refractivity contribution < 1.29 is 9.53 Å². The molecule has 0 saturated heterocycles. The predicted molar refractivity (Wildman–Crippen MR) is 69.9 cm³/mol. The van der Waals surface area contributed by atoms with Gasteiger partial charge in [0.05, 0.1) is 17.4 Å². The van der Waals surface area contributed by atoms with Crippen molar-refractivity contribution in [3.05, 3.63) is 20.8 Å². The van der Waals surface area contributed by atoms with E-state index < -0.39 is 0 Å². The van der Waals surface area contributed by atoms with Crippen molar-refractivity contribution in [2.24, 2.45) is 0 Å². The number of nitrogens with one attached hydrogen (secondary N) is 1. The Morgan fingerprint density at radius 2 is 2.25 bits per heavy atom. The molecule has 0 unspecified atom stereocenters. The molecule has 3 nitrogen and oxygen atoms in total. The molecule has 0 aliphatic heterocycles. The number of halogens is 1. The number of rotatable bonds is 5. The molecule has 0 radical (unpaired) electrons. The highest BCUT2D eigenvalue weighted by molar-refractivity contribution is 9.11. The number of methoxy groups -OCH3 is 1. The molecule has 0 atom stereocenters. The fourth-order valence-corrected chi connectivity index (χ4v) is 2.80. The highest BCUT2D eigenvalue weighted by Crippen LogP contribution is 2.32.